The number of ketones is 1. The molecule has 1 aromatic carbocycles. The maximum absolute atomic E-state index is 12.6. The molecule has 0 amide bonds. The number of hydrogen-bond acceptors (Lipinski definition) is 5. The third kappa shape index (κ3) is 30.7. The lowest BCUT2D eigenvalue weighted by Gasteiger charge is -2.14. The molecule has 0 unspecified atom stereocenters. The Bertz CT molecular complexity index is 1050. The molecule has 0 radical (unpaired) electrons. The summed E-state index contributed by atoms with van der Waals surface area (Å²) in [6.07, 6.45) is 45.0. The third-order valence-corrected chi connectivity index (χ3v) is 9.06. The number of benzene rings is 1. The quantitative estimate of drug-likeness (QED) is 0.0397. The molecule has 5 nitrogen and oxygen atoms in total. The third-order valence-electron chi connectivity index (χ3n) is 9.06. The van der Waals surface area contributed by atoms with Gasteiger partial charge in [0.05, 0.1) is 0 Å². The average molecular weight is 720 g/mol. The highest BCUT2D eigenvalue weighted by Gasteiger charge is 2.09. The van der Waals surface area contributed by atoms with Crippen LogP contribution in [0.4, 0.5) is 0 Å². The number of nitrogens with zero attached hydrogens (tertiary/aromatic N) is 1. The van der Waals surface area contributed by atoms with Gasteiger partial charge in [0.25, 0.3) is 0 Å². The molecule has 0 aliphatic carbocycles. The number of allylic oxidation sites excluding steroid dienone is 8. The molecule has 5 heteroatoms. The molecule has 0 aliphatic heterocycles. The average Bonchev–Trinajstić information content (AvgIpc) is 3.12. The second kappa shape index (κ2) is 35.1. The summed E-state index contributed by atoms with van der Waals surface area (Å²) in [6, 6.07) is 5.94. The van der Waals surface area contributed by atoms with Crippen LogP contribution in [0.2, 0.25) is 0 Å². The van der Waals surface area contributed by atoms with Crippen molar-refractivity contribution in [1.82, 2.24) is 4.90 Å². The smallest absolute Gasteiger partial charge is 0.306 e. The molecule has 0 atom stereocenters. The second-order valence-corrected chi connectivity index (χ2v) is 14.7. The van der Waals surface area contributed by atoms with Crippen molar-refractivity contribution in [3.05, 3.63) is 77.9 Å². The first-order valence-corrected chi connectivity index (χ1v) is 21.1. The van der Waals surface area contributed by atoms with Gasteiger partial charge in [0.1, 0.15) is 19.0 Å². The molecule has 0 N–H and O–H groups in total. The summed E-state index contributed by atoms with van der Waals surface area (Å²) in [5, 5.41) is 0. The molecule has 0 fully saturated rings. The van der Waals surface area contributed by atoms with Crippen molar-refractivity contribution in [2.45, 2.75) is 181 Å². The fraction of sp³-hybridized carbons (Fsp3) is 0.660. The van der Waals surface area contributed by atoms with E-state index >= 15 is 0 Å². The zero-order chi connectivity index (χ0) is 37.7. The predicted molar refractivity (Wildman–Crippen MR) is 223 cm³/mol. The van der Waals surface area contributed by atoms with Crippen LogP contribution in [-0.2, 0) is 27.5 Å². The fourth-order valence-corrected chi connectivity index (χ4v) is 6.04. The van der Waals surface area contributed by atoms with E-state index in [2.05, 4.69) is 73.4 Å². The van der Waals surface area contributed by atoms with Gasteiger partial charge in [0, 0.05) is 19.4 Å². The number of carbonyl (C=O) groups is 2. The van der Waals surface area contributed by atoms with Crippen molar-refractivity contribution in [3.8, 4) is 5.75 Å². The van der Waals surface area contributed by atoms with Gasteiger partial charge in [-0.2, -0.15) is 0 Å². The molecule has 0 bridgehead atoms. The normalized spacial score (nSPS) is 12.0. The van der Waals surface area contributed by atoms with E-state index in [1.165, 1.54) is 83.5 Å². The van der Waals surface area contributed by atoms with Crippen molar-refractivity contribution in [2.75, 3.05) is 20.7 Å². The minimum Gasteiger partial charge on any atom is -0.486 e. The highest BCUT2D eigenvalue weighted by molar-refractivity contribution is 5.79. The van der Waals surface area contributed by atoms with Crippen molar-refractivity contribution in [2.24, 2.45) is 0 Å². The summed E-state index contributed by atoms with van der Waals surface area (Å²) in [4.78, 5) is 27.1. The number of unbranched alkanes of at least 4 members (excludes halogenated alkanes) is 16. The lowest BCUT2D eigenvalue weighted by molar-refractivity contribution is -0.145. The van der Waals surface area contributed by atoms with E-state index in [9.17, 15) is 9.59 Å². The standard InChI is InChI=1S/C47H77NO4/c1-5-7-9-11-13-15-17-19-21-23-25-27-29-31-33-35-45(49)42-51-46-38-43(40-48(3)4)37-44(39-46)41-52-47(50)36-34-32-30-28-26-24-22-20-18-16-14-12-10-8-6-2/h13-16,19-22,37-39H,5-12,17-18,23-36,40-42H2,1-4H3/b15-13-,16-14-,21-19-,22-20-. The Morgan fingerprint density at radius 2 is 1.02 bits per heavy atom. The van der Waals surface area contributed by atoms with Crippen LogP contribution in [0.1, 0.15) is 179 Å². The molecule has 52 heavy (non-hydrogen) atoms. The predicted octanol–water partition coefficient (Wildman–Crippen LogP) is 13.4. The van der Waals surface area contributed by atoms with Crippen LogP contribution in [0.15, 0.2) is 66.8 Å². The lowest BCUT2D eigenvalue weighted by Crippen LogP contribution is -2.13. The van der Waals surface area contributed by atoms with E-state index < -0.39 is 0 Å². The van der Waals surface area contributed by atoms with Crippen LogP contribution in [0.3, 0.4) is 0 Å². The summed E-state index contributed by atoms with van der Waals surface area (Å²) in [7, 11) is 4.04. The highest BCUT2D eigenvalue weighted by atomic mass is 16.5. The monoisotopic (exact) mass is 720 g/mol. The number of rotatable bonds is 35. The Balaban J connectivity index is 2.22. The molecule has 294 valence electrons. The number of carbonyl (C=O) groups excluding carboxylic acids is 2. The first kappa shape index (κ1) is 47.1. The van der Waals surface area contributed by atoms with Crippen molar-refractivity contribution in [3.63, 3.8) is 0 Å². The van der Waals surface area contributed by atoms with Crippen LogP contribution in [0.25, 0.3) is 0 Å². The summed E-state index contributed by atoms with van der Waals surface area (Å²) in [5.74, 6) is 0.639. The van der Waals surface area contributed by atoms with Crippen LogP contribution in [-0.4, -0.2) is 37.4 Å². The molecule has 1 aromatic rings. The van der Waals surface area contributed by atoms with Gasteiger partial charge in [0.2, 0.25) is 0 Å². The first-order valence-electron chi connectivity index (χ1n) is 21.1. The largest absolute Gasteiger partial charge is 0.486 e. The van der Waals surface area contributed by atoms with E-state index in [0.717, 1.165) is 75.5 Å². The SMILES string of the molecule is CCCCC/C=C\C/C=C\CCCCCCCC(=O)COc1cc(COC(=O)CCCCCCC/C=C\C/C=C\CCCCC)cc(CN(C)C)c1. The number of hydrogen-bond donors (Lipinski definition) is 0. The molecule has 1 rings (SSSR count). The van der Waals surface area contributed by atoms with E-state index in [-0.39, 0.29) is 25.0 Å². The lowest BCUT2D eigenvalue weighted by atomic mass is 10.1. The van der Waals surface area contributed by atoms with Gasteiger partial charge in [0.15, 0.2) is 5.78 Å². The summed E-state index contributed by atoms with van der Waals surface area (Å²) >= 11 is 0. The zero-order valence-corrected chi connectivity index (χ0v) is 34.0. The van der Waals surface area contributed by atoms with Crippen LogP contribution in [0, 0.1) is 0 Å². The topological polar surface area (TPSA) is 55.8 Å². The van der Waals surface area contributed by atoms with Crippen molar-refractivity contribution in [1.29, 1.82) is 0 Å². The van der Waals surface area contributed by atoms with Gasteiger partial charge in [-0.1, -0.05) is 133 Å². The Labute approximate surface area is 320 Å². The summed E-state index contributed by atoms with van der Waals surface area (Å²) in [6.45, 7) is 5.52. The molecule has 0 aromatic heterocycles. The van der Waals surface area contributed by atoms with Gasteiger partial charge in [-0.15, -0.1) is 0 Å². The second-order valence-electron chi connectivity index (χ2n) is 14.7. The van der Waals surface area contributed by atoms with Gasteiger partial charge in [-0.05, 0) is 114 Å². The summed E-state index contributed by atoms with van der Waals surface area (Å²) < 4.78 is 11.6. The van der Waals surface area contributed by atoms with Crippen LogP contribution in [0.5, 0.6) is 5.75 Å². The minimum absolute atomic E-state index is 0.0787. The van der Waals surface area contributed by atoms with E-state index in [1.807, 2.05) is 26.2 Å². The minimum atomic E-state index is -0.154. The summed E-state index contributed by atoms with van der Waals surface area (Å²) in [5.41, 5.74) is 1.97. The van der Waals surface area contributed by atoms with Gasteiger partial charge < -0.3 is 14.4 Å². The fourth-order valence-electron chi connectivity index (χ4n) is 6.04. The van der Waals surface area contributed by atoms with Crippen molar-refractivity contribution >= 4 is 11.8 Å². The van der Waals surface area contributed by atoms with Gasteiger partial charge in [-0.25, -0.2) is 0 Å². The highest BCUT2D eigenvalue weighted by Crippen LogP contribution is 2.20. The Morgan fingerprint density at radius 3 is 1.54 bits per heavy atom. The number of Topliss-reactive ketones (excluding diaryl/α,β-unsaturated/α-hetero) is 1. The van der Waals surface area contributed by atoms with E-state index in [4.69, 9.17) is 9.47 Å². The number of esters is 1. The van der Waals surface area contributed by atoms with Crippen LogP contribution >= 0.6 is 0 Å². The molecular weight excluding hydrogens is 643 g/mol. The molecule has 0 saturated heterocycles. The Kier molecular flexibility index (Phi) is 31.8. The van der Waals surface area contributed by atoms with E-state index in [1.54, 1.807) is 0 Å². The number of ether oxygens (including phenoxy) is 2. The van der Waals surface area contributed by atoms with Gasteiger partial charge >= 0.3 is 5.97 Å². The maximum Gasteiger partial charge on any atom is 0.306 e. The maximum atomic E-state index is 12.6. The zero-order valence-electron chi connectivity index (χ0n) is 34.0. The van der Waals surface area contributed by atoms with Crippen molar-refractivity contribution < 1.29 is 19.1 Å². The Hall–Kier alpha value is -2.92. The Morgan fingerprint density at radius 1 is 0.558 bits per heavy atom. The molecule has 0 heterocycles. The van der Waals surface area contributed by atoms with Gasteiger partial charge in [-0.3, -0.25) is 9.59 Å². The first-order chi connectivity index (χ1) is 25.4. The molecule has 0 aliphatic rings. The molecule has 0 spiro atoms. The molecule has 0 saturated carbocycles. The van der Waals surface area contributed by atoms with E-state index in [0.29, 0.717) is 18.6 Å². The van der Waals surface area contributed by atoms with Crippen LogP contribution < -0.4 is 4.74 Å². The molecular formula is C47H77NO4.